The number of carbonyl (C=O) groups excluding carboxylic acids is 2. The lowest BCUT2D eigenvalue weighted by molar-refractivity contribution is -0.138. The highest BCUT2D eigenvalue weighted by Crippen LogP contribution is 2.49. The lowest BCUT2D eigenvalue weighted by atomic mass is 9.87. The van der Waals surface area contributed by atoms with Crippen LogP contribution in [0.4, 0.5) is 4.79 Å². The Morgan fingerprint density at radius 3 is 2.04 bits per heavy atom. The Morgan fingerprint density at radius 1 is 0.760 bits per heavy atom. The summed E-state index contributed by atoms with van der Waals surface area (Å²) >= 11 is 0. The molecule has 0 radical (unpaired) electrons. The molecule has 2 bridgehead atoms. The second-order valence-corrected chi connectivity index (χ2v) is 8.83. The molecular formula is C20H33N3O2. The fraction of sp³-hybridized carbons (Fsp3) is 0.900. The first-order valence-electron chi connectivity index (χ1n) is 10.5. The average molecular weight is 348 g/mol. The molecule has 4 aliphatic rings. The zero-order valence-electron chi connectivity index (χ0n) is 15.3. The number of carbonyl (C=O) groups is 2. The minimum Gasteiger partial charge on any atom is -0.342 e. The van der Waals surface area contributed by atoms with Crippen LogP contribution < -0.4 is 10.6 Å². The minimum atomic E-state index is -0.00946. The first-order valence-corrected chi connectivity index (χ1v) is 10.5. The van der Waals surface area contributed by atoms with Gasteiger partial charge in [0.25, 0.3) is 0 Å². The number of hydrogen-bond donors (Lipinski definition) is 2. The van der Waals surface area contributed by atoms with E-state index in [1.54, 1.807) is 0 Å². The van der Waals surface area contributed by atoms with Gasteiger partial charge in [0.1, 0.15) is 0 Å². The van der Waals surface area contributed by atoms with Gasteiger partial charge in [-0.15, -0.1) is 0 Å². The number of likely N-dealkylation sites (tertiary alicyclic amines) is 1. The van der Waals surface area contributed by atoms with Crippen LogP contribution in [0, 0.1) is 17.8 Å². The Hall–Kier alpha value is -1.26. The van der Waals surface area contributed by atoms with E-state index in [2.05, 4.69) is 15.5 Å². The van der Waals surface area contributed by atoms with Gasteiger partial charge >= 0.3 is 6.03 Å². The van der Waals surface area contributed by atoms with E-state index in [1.165, 1.54) is 38.5 Å². The maximum Gasteiger partial charge on any atom is 0.315 e. The predicted octanol–water partition coefficient (Wildman–Crippen LogP) is 3.05. The summed E-state index contributed by atoms with van der Waals surface area (Å²) in [5.41, 5.74) is 0. The van der Waals surface area contributed by atoms with Crippen LogP contribution in [0.2, 0.25) is 0 Å². The fourth-order valence-corrected chi connectivity index (χ4v) is 5.69. The van der Waals surface area contributed by atoms with Crippen LogP contribution in [0.15, 0.2) is 0 Å². The van der Waals surface area contributed by atoms with Crippen LogP contribution >= 0.6 is 0 Å². The molecule has 0 aromatic carbocycles. The van der Waals surface area contributed by atoms with E-state index in [0.29, 0.717) is 23.8 Å². The lowest BCUT2D eigenvalue weighted by Gasteiger charge is -2.35. The van der Waals surface area contributed by atoms with Crippen LogP contribution in [0.5, 0.6) is 0 Å². The van der Waals surface area contributed by atoms with E-state index < -0.39 is 0 Å². The first kappa shape index (κ1) is 17.2. The quantitative estimate of drug-likeness (QED) is 0.824. The molecule has 5 nitrogen and oxygen atoms in total. The summed E-state index contributed by atoms with van der Waals surface area (Å²) in [6.07, 6.45) is 12.8. The van der Waals surface area contributed by atoms with Crippen molar-refractivity contribution in [2.24, 2.45) is 17.8 Å². The second kappa shape index (κ2) is 7.55. The van der Waals surface area contributed by atoms with Crippen LogP contribution in [0.25, 0.3) is 0 Å². The van der Waals surface area contributed by atoms with E-state index in [0.717, 1.165) is 51.1 Å². The summed E-state index contributed by atoms with van der Waals surface area (Å²) < 4.78 is 0. The van der Waals surface area contributed by atoms with E-state index in [-0.39, 0.29) is 12.1 Å². The Labute approximate surface area is 151 Å². The van der Waals surface area contributed by atoms with E-state index >= 15 is 0 Å². The number of rotatable bonds is 3. The monoisotopic (exact) mass is 347 g/mol. The molecule has 0 spiro atoms. The van der Waals surface area contributed by atoms with Gasteiger partial charge in [-0.1, -0.05) is 25.7 Å². The van der Waals surface area contributed by atoms with Crippen LogP contribution in [0.3, 0.4) is 0 Å². The van der Waals surface area contributed by atoms with Crippen molar-refractivity contribution < 1.29 is 9.59 Å². The maximum atomic E-state index is 12.8. The molecule has 4 fully saturated rings. The third-order valence-corrected chi connectivity index (χ3v) is 7.14. The molecule has 5 heteroatoms. The summed E-state index contributed by atoms with van der Waals surface area (Å²) in [5.74, 6) is 2.19. The average Bonchev–Trinajstić information content (AvgIpc) is 3.26. The van der Waals surface area contributed by atoms with Gasteiger partial charge in [0.2, 0.25) is 5.91 Å². The van der Waals surface area contributed by atoms with Crippen molar-refractivity contribution in [3.8, 4) is 0 Å². The van der Waals surface area contributed by atoms with Crippen molar-refractivity contribution in [3.05, 3.63) is 0 Å². The van der Waals surface area contributed by atoms with Crippen molar-refractivity contribution in [2.75, 3.05) is 13.1 Å². The van der Waals surface area contributed by atoms with Crippen LogP contribution in [-0.4, -0.2) is 42.0 Å². The van der Waals surface area contributed by atoms with Gasteiger partial charge in [-0.05, 0) is 56.8 Å². The summed E-state index contributed by atoms with van der Waals surface area (Å²) in [6, 6.07) is 0.561. The molecule has 25 heavy (non-hydrogen) atoms. The topological polar surface area (TPSA) is 61.4 Å². The van der Waals surface area contributed by atoms with Gasteiger partial charge in [-0.25, -0.2) is 4.79 Å². The first-order chi connectivity index (χ1) is 12.2. The van der Waals surface area contributed by atoms with E-state index in [4.69, 9.17) is 0 Å². The molecule has 3 unspecified atom stereocenters. The Bertz CT molecular complexity index is 495. The number of piperidine rings is 1. The lowest BCUT2D eigenvalue weighted by Crippen LogP contribution is -2.52. The molecule has 3 aliphatic carbocycles. The van der Waals surface area contributed by atoms with Gasteiger partial charge in [0, 0.05) is 31.1 Å². The fourth-order valence-electron chi connectivity index (χ4n) is 5.69. The van der Waals surface area contributed by atoms with Gasteiger partial charge in [0.05, 0.1) is 0 Å². The molecule has 1 aliphatic heterocycles. The molecule has 3 amide bonds. The number of nitrogens with one attached hydrogen (secondary N) is 2. The number of fused-ring (bicyclic) bond motifs is 2. The molecule has 4 rings (SSSR count). The molecular weight excluding hydrogens is 314 g/mol. The zero-order valence-corrected chi connectivity index (χ0v) is 15.3. The van der Waals surface area contributed by atoms with E-state index in [9.17, 15) is 9.59 Å². The molecule has 1 saturated heterocycles. The SMILES string of the molecule is O=C(NC1CCCCC1)NC1CCN(C(=O)C2CC3CCC2C3)CC1. The zero-order chi connectivity index (χ0) is 17.2. The Morgan fingerprint density at radius 2 is 1.44 bits per heavy atom. The molecule has 0 aromatic rings. The molecule has 0 aromatic heterocycles. The van der Waals surface area contributed by atoms with Crippen molar-refractivity contribution in [1.82, 2.24) is 15.5 Å². The highest BCUT2D eigenvalue weighted by Gasteiger charge is 2.44. The molecule has 1 heterocycles. The second-order valence-electron chi connectivity index (χ2n) is 8.83. The van der Waals surface area contributed by atoms with Crippen molar-refractivity contribution >= 4 is 11.9 Å². The Balaban J connectivity index is 1.19. The number of nitrogens with zero attached hydrogens (tertiary/aromatic N) is 1. The summed E-state index contributed by atoms with van der Waals surface area (Å²) in [6.45, 7) is 1.61. The van der Waals surface area contributed by atoms with Gasteiger partial charge in [0.15, 0.2) is 0 Å². The summed E-state index contributed by atoms with van der Waals surface area (Å²) in [5, 5.41) is 6.27. The standard InChI is InChI=1S/C20H33N3O2/c24-19(18-13-14-6-7-15(18)12-14)23-10-8-17(9-11-23)22-20(25)21-16-4-2-1-3-5-16/h14-18H,1-13H2,(H2,21,22,25). The smallest absolute Gasteiger partial charge is 0.315 e. The number of urea groups is 1. The third kappa shape index (κ3) is 3.95. The third-order valence-electron chi connectivity index (χ3n) is 7.14. The molecule has 3 atom stereocenters. The highest BCUT2D eigenvalue weighted by molar-refractivity contribution is 5.80. The largest absolute Gasteiger partial charge is 0.342 e. The predicted molar refractivity (Wildman–Crippen MR) is 97.1 cm³/mol. The van der Waals surface area contributed by atoms with Crippen LogP contribution in [-0.2, 0) is 4.79 Å². The maximum absolute atomic E-state index is 12.8. The summed E-state index contributed by atoms with van der Waals surface area (Å²) in [4.78, 5) is 27.1. The highest BCUT2D eigenvalue weighted by atomic mass is 16.2. The van der Waals surface area contributed by atoms with E-state index in [1.807, 2.05) is 0 Å². The minimum absolute atomic E-state index is 0.00946. The van der Waals surface area contributed by atoms with Gasteiger partial charge in [-0.2, -0.15) is 0 Å². The summed E-state index contributed by atoms with van der Waals surface area (Å²) in [7, 11) is 0. The van der Waals surface area contributed by atoms with Gasteiger partial charge < -0.3 is 15.5 Å². The van der Waals surface area contributed by atoms with Crippen molar-refractivity contribution in [3.63, 3.8) is 0 Å². The normalized spacial score (nSPS) is 33.4. The van der Waals surface area contributed by atoms with Crippen LogP contribution in [0.1, 0.15) is 70.6 Å². The molecule has 2 N–H and O–H groups in total. The van der Waals surface area contributed by atoms with Crippen molar-refractivity contribution in [1.29, 1.82) is 0 Å². The molecule has 3 saturated carbocycles. The van der Waals surface area contributed by atoms with Gasteiger partial charge in [-0.3, -0.25) is 4.79 Å². The molecule has 140 valence electrons. The van der Waals surface area contributed by atoms with Crippen molar-refractivity contribution in [2.45, 2.75) is 82.7 Å². The number of hydrogen-bond acceptors (Lipinski definition) is 2. The number of amides is 3. The Kier molecular flexibility index (Phi) is 5.18.